The van der Waals surface area contributed by atoms with Crippen LogP contribution in [0.2, 0.25) is 0 Å². The van der Waals surface area contributed by atoms with Gasteiger partial charge in [0.05, 0.1) is 25.4 Å². The van der Waals surface area contributed by atoms with Gasteiger partial charge in [0.15, 0.2) is 0 Å². The summed E-state index contributed by atoms with van der Waals surface area (Å²) < 4.78 is 10.5. The molecule has 8 heteroatoms. The van der Waals surface area contributed by atoms with Crippen LogP contribution < -0.4 is 20.2 Å². The lowest BCUT2D eigenvalue weighted by atomic mass is 10.1. The minimum absolute atomic E-state index is 0.219. The topological polar surface area (TPSA) is 106 Å². The molecule has 0 saturated carbocycles. The van der Waals surface area contributed by atoms with Crippen molar-refractivity contribution in [3.63, 3.8) is 0 Å². The van der Waals surface area contributed by atoms with Gasteiger partial charge in [-0.1, -0.05) is 29.8 Å². The molecule has 2 N–H and O–H groups in total. The summed E-state index contributed by atoms with van der Waals surface area (Å²) in [5.41, 5.74) is 4.84. The first kappa shape index (κ1) is 23.2. The average molecular weight is 445 g/mol. The van der Waals surface area contributed by atoms with E-state index in [9.17, 15) is 14.4 Å². The van der Waals surface area contributed by atoms with E-state index in [0.29, 0.717) is 28.2 Å². The number of methoxy groups -OCH3 is 1. The zero-order valence-corrected chi connectivity index (χ0v) is 18.2. The van der Waals surface area contributed by atoms with E-state index in [1.807, 2.05) is 19.1 Å². The molecule has 8 nitrogen and oxygen atoms in total. The van der Waals surface area contributed by atoms with Crippen LogP contribution in [0.4, 0.5) is 0 Å². The summed E-state index contributed by atoms with van der Waals surface area (Å²) in [7, 11) is 1.55. The van der Waals surface area contributed by atoms with Gasteiger partial charge in [0.2, 0.25) is 0 Å². The maximum Gasteiger partial charge on any atom is 0.343 e. The van der Waals surface area contributed by atoms with Gasteiger partial charge in [0.25, 0.3) is 11.8 Å². The van der Waals surface area contributed by atoms with Gasteiger partial charge >= 0.3 is 5.97 Å². The number of aryl methyl sites for hydroxylation is 1. The molecule has 0 radical (unpaired) electrons. The van der Waals surface area contributed by atoms with E-state index in [1.165, 1.54) is 6.21 Å². The smallest absolute Gasteiger partial charge is 0.343 e. The van der Waals surface area contributed by atoms with Crippen molar-refractivity contribution in [1.29, 1.82) is 0 Å². The molecular weight excluding hydrogens is 422 g/mol. The Morgan fingerprint density at radius 2 is 1.61 bits per heavy atom. The number of esters is 1. The van der Waals surface area contributed by atoms with E-state index in [1.54, 1.807) is 67.8 Å². The molecule has 0 bridgehead atoms. The van der Waals surface area contributed by atoms with Gasteiger partial charge < -0.3 is 14.8 Å². The Morgan fingerprint density at radius 1 is 0.909 bits per heavy atom. The van der Waals surface area contributed by atoms with Gasteiger partial charge in [0.1, 0.15) is 11.5 Å². The number of ether oxygens (including phenoxy) is 2. The second kappa shape index (κ2) is 11.2. The molecular formula is C25H23N3O5. The van der Waals surface area contributed by atoms with Crippen molar-refractivity contribution in [1.82, 2.24) is 10.7 Å². The van der Waals surface area contributed by atoms with Crippen molar-refractivity contribution in [2.75, 3.05) is 13.7 Å². The van der Waals surface area contributed by atoms with E-state index in [0.717, 1.165) is 5.56 Å². The largest absolute Gasteiger partial charge is 0.497 e. The van der Waals surface area contributed by atoms with Crippen molar-refractivity contribution in [2.24, 2.45) is 5.10 Å². The predicted octanol–water partition coefficient (Wildman–Crippen LogP) is 3.10. The Hall–Kier alpha value is -4.46. The molecule has 0 atom stereocenters. The Morgan fingerprint density at radius 3 is 2.30 bits per heavy atom. The second-order valence-corrected chi connectivity index (χ2v) is 7.03. The van der Waals surface area contributed by atoms with E-state index < -0.39 is 11.9 Å². The number of amides is 2. The highest BCUT2D eigenvalue weighted by atomic mass is 16.5. The number of nitrogens with one attached hydrogen (secondary N) is 2. The molecule has 3 aromatic rings. The van der Waals surface area contributed by atoms with Crippen LogP contribution >= 0.6 is 0 Å². The number of hydrazone groups is 1. The van der Waals surface area contributed by atoms with E-state index in [-0.39, 0.29) is 12.5 Å². The number of hydrogen-bond acceptors (Lipinski definition) is 6. The van der Waals surface area contributed by atoms with Crippen LogP contribution in [0.15, 0.2) is 77.9 Å². The molecule has 2 amide bonds. The van der Waals surface area contributed by atoms with Crippen molar-refractivity contribution in [3.05, 3.63) is 95.1 Å². The van der Waals surface area contributed by atoms with Gasteiger partial charge in [-0.3, -0.25) is 9.59 Å². The van der Waals surface area contributed by atoms with E-state index in [4.69, 9.17) is 9.47 Å². The lowest BCUT2D eigenvalue weighted by Crippen LogP contribution is -2.34. The fourth-order valence-electron chi connectivity index (χ4n) is 2.74. The molecule has 0 saturated heterocycles. The molecule has 0 aliphatic rings. The zero-order chi connectivity index (χ0) is 23.6. The Labute approximate surface area is 191 Å². The van der Waals surface area contributed by atoms with Gasteiger partial charge in [-0.15, -0.1) is 0 Å². The zero-order valence-electron chi connectivity index (χ0n) is 18.2. The summed E-state index contributed by atoms with van der Waals surface area (Å²) in [6, 6.07) is 20.3. The van der Waals surface area contributed by atoms with Gasteiger partial charge in [-0.05, 0) is 61.0 Å². The lowest BCUT2D eigenvalue weighted by Gasteiger charge is -2.06. The molecule has 0 aliphatic carbocycles. The number of rotatable bonds is 8. The van der Waals surface area contributed by atoms with Crippen LogP contribution in [0.3, 0.4) is 0 Å². The van der Waals surface area contributed by atoms with E-state index in [2.05, 4.69) is 15.8 Å². The Bertz CT molecular complexity index is 1160. The van der Waals surface area contributed by atoms with Crippen molar-refractivity contribution >= 4 is 24.0 Å². The average Bonchev–Trinajstić information content (AvgIpc) is 2.83. The van der Waals surface area contributed by atoms with Gasteiger partial charge in [-0.2, -0.15) is 5.10 Å². The van der Waals surface area contributed by atoms with Crippen molar-refractivity contribution in [3.8, 4) is 11.5 Å². The minimum atomic E-state index is -0.510. The molecule has 0 heterocycles. The highest BCUT2D eigenvalue weighted by molar-refractivity contribution is 5.96. The molecule has 0 unspecified atom stereocenters. The molecule has 33 heavy (non-hydrogen) atoms. The second-order valence-electron chi connectivity index (χ2n) is 7.03. The van der Waals surface area contributed by atoms with Crippen LogP contribution in [0, 0.1) is 6.92 Å². The molecule has 3 rings (SSSR count). The monoisotopic (exact) mass is 445 g/mol. The summed E-state index contributed by atoms with van der Waals surface area (Å²) in [6.07, 6.45) is 1.41. The van der Waals surface area contributed by atoms with Gasteiger partial charge in [0, 0.05) is 5.56 Å². The van der Waals surface area contributed by atoms with Crippen LogP contribution in [-0.4, -0.2) is 37.7 Å². The molecule has 0 spiro atoms. The minimum Gasteiger partial charge on any atom is -0.497 e. The van der Waals surface area contributed by atoms with Gasteiger partial charge in [-0.25, -0.2) is 10.2 Å². The first-order chi connectivity index (χ1) is 15.9. The first-order valence-corrected chi connectivity index (χ1v) is 10.1. The number of carbonyl (C=O) groups is 3. The number of benzene rings is 3. The molecule has 168 valence electrons. The first-order valence-electron chi connectivity index (χ1n) is 10.1. The fraction of sp³-hybridized carbons (Fsp3) is 0.120. The maximum absolute atomic E-state index is 12.3. The van der Waals surface area contributed by atoms with E-state index >= 15 is 0 Å². The summed E-state index contributed by atoms with van der Waals surface area (Å²) >= 11 is 0. The Balaban J connectivity index is 1.49. The van der Waals surface area contributed by atoms with Crippen LogP contribution in [0.5, 0.6) is 11.5 Å². The number of carbonyl (C=O) groups excluding carboxylic acids is 3. The van der Waals surface area contributed by atoms with Crippen LogP contribution in [0.25, 0.3) is 0 Å². The molecule has 0 fully saturated rings. The SMILES string of the molecule is COc1ccc(C(=O)Oc2cccc(/C=N\NC(=O)CNC(=O)c3ccc(C)cc3)c2)cc1. The lowest BCUT2D eigenvalue weighted by molar-refractivity contribution is -0.120. The summed E-state index contributed by atoms with van der Waals surface area (Å²) in [5.74, 6) is -0.364. The van der Waals surface area contributed by atoms with Crippen molar-refractivity contribution < 1.29 is 23.9 Å². The number of hydrogen-bond donors (Lipinski definition) is 2. The molecule has 0 aromatic heterocycles. The number of nitrogens with zero attached hydrogens (tertiary/aromatic N) is 1. The molecule has 0 aliphatic heterocycles. The fourth-order valence-corrected chi connectivity index (χ4v) is 2.74. The van der Waals surface area contributed by atoms with Crippen LogP contribution in [0.1, 0.15) is 31.8 Å². The summed E-state index contributed by atoms with van der Waals surface area (Å²) in [6.45, 7) is 1.71. The predicted molar refractivity (Wildman–Crippen MR) is 124 cm³/mol. The normalized spacial score (nSPS) is 10.5. The Kier molecular flexibility index (Phi) is 7.91. The van der Waals surface area contributed by atoms with Crippen LogP contribution in [-0.2, 0) is 4.79 Å². The summed E-state index contributed by atoms with van der Waals surface area (Å²) in [4.78, 5) is 36.2. The van der Waals surface area contributed by atoms with Crippen molar-refractivity contribution in [2.45, 2.75) is 6.92 Å². The maximum atomic E-state index is 12.3. The quantitative estimate of drug-likeness (QED) is 0.240. The third kappa shape index (κ3) is 7.03. The molecule has 3 aromatic carbocycles. The standard InChI is InChI=1S/C25H23N3O5/c1-17-6-8-19(9-7-17)24(30)26-16-23(29)28-27-15-18-4-3-5-22(14-18)33-25(31)20-10-12-21(32-2)13-11-20/h3-15H,16H2,1-2H3,(H,26,30)(H,28,29)/b27-15-. The third-order valence-electron chi connectivity index (χ3n) is 4.52. The summed E-state index contributed by atoms with van der Waals surface area (Å²) in [5, 5.41) is 6.40. The highest BCUT2D eigenvalue weighted by Crippen LogP contribution is 2.16. The highest BCUT2D eigenvalue weighted by Gasteiger charge is 2.09. The third-order valence-corrected chi connectivity index (χ3v) is 4.52.